The first kappa shape index (κ1) is 15.7. The van der Waals surface area contributed by atoms with Gasteiger partial charge in [0.2, 0.25) is 0 Å². The zero-order chi connectivity index (χ0) is 17.2. The summed E-state index contributed by atoms with van der Waals surface area (Å²) in [7, 11) is 0. The predicted molar refractivity (Wildman–Crippen MR) is 108 cm³/mol. The molecular weight excluding hydrogens is 328 g/mol. The first-order chi connectivity index (χ1) is 12.2. The van der Waals surface area contributed by atoms with Gasteiger partial charge < -0.3 is 15.1 Å². The number of nitrogens with one attached hydrogen (secondary N) is 2. The summed E-state index contributed by atoms with van der Waals surface area (Å²) in [6, 6.07) is 24.5. The fourth-order valence-corrected chi connectivity index (χ4v) is 3.21. The Morgan fingerprint density at radius 2 is 1.60 bits per heavy atom. The minimum Gasteiger partial charge on any atom is -0.459 e. The lowest BCUT2D eigenvalue weighted by Crippen LogP contribution is -2.30. The number of hydrogen-bond donors (Lipinski definition) is 2. The van der Waals surface area contributed by atoms with Crippen LogP contribution in [-0.2, 0) is 0 Å². The Labute approximate surface area is 151 Å². The molecule has 0 saturated heterocycles. The number of benzene rings is 3. The topological polar surface area (TPSA) is 37.2 Å². The molecule has 0 bridgehead atoms. The van der Waals surface area contributed by atoms with Crippen LogP contribution >= 0.6 is 12.2 Å². The molecule has 0 fully saturated rings. The number of rotatable bonds is 3. The molecule has 1 atom stereocenters. The largest absolute Gasteiger partial charge is 0.459 e. The molecule has 1 aromatic heterocycles. The quantitative estimate of drug-likeness (QED) is 0.471. The van der Waals surface area contributed by atoms with Crippen molar-refractivity contribution in [3.05, 3.63) is 78.6 Å². The van der Waals surface area contributed by atoms with Crippen LogP contribution in [0.4, 0.5) is 5.69 Å². The summed E-state index contributed by atoms with van der Waals surface area (Å²) in [5, 5.41) is 10.6. The van der Waals surface area contributed by atoms with E-state index in [9.17, 15) is 0 Å². The van der Waals surface area contributed by atoms with Gasteiger partial charge in [-0.3, -0.25) is 0 Å². The summed E-state index contributed by atoms with van der Waals surface area (Å²) < 4.78 is 5.89. The molecule has 1 heterocycles. The van der Waals surface area contributed by atoms with E-state index in [1.165, 1.54) is 10.8 Å². The van der Waals surface area contributed by atoms with E-state index in [1.54, 1.807) is 0 Å². The summed E-state index contributed by atoms with van der Waals surface area (Å²) in [6.07, 6.45) is 0. The van der Waals surface area contributed by atoms with E-state index in [0.29, 0.717) is 5.11 Å². The fraction of sp³-hybridized carbons (Fsp3) is 0.0952. The van der Waals surface area contributed by atoms with Crippen molar-refractivity contribution in [1.29, 1.82) is 0 Å². The highest BCUT2D eigenvalue weighted by Gasteiger charge is 2.12. The van der Waals surface area contributed by atoms with E-state index < -0.39 is 0 Å². The van der Waals surface area contributed by atoms with Crippen molar-refractivity contribution < 1.29 is 4.42 Å². The summed E-state index contributed by atoms with van der Waals surface area (Å²) in [5.74, 6) is 0.865. The Hall–Kier alpha value is -2.85. The molecule has 0 amide bonds. The monoisotopic (exact) mass is 346 g/mol. The van der Waals surface area contributed by atoms with Gasteiger partial charge in [0.05, 0.1) is 6.04 Å². The van der Waals surface area contributed by atoms with E-state index in [4.69, 9.17) is 16.6 Å². The molecule has 4 heteroatoms. The maximum atomic E-state index is 5.89. The maximum absolute atomic E-state index is 5.89. The third kappa shape index (κ3) is 3.35. The highest BCUT2D eigenvalue weighted by Crippen LogP contribution is 2.24. The SMILES string of the molecule is CC(NC(=S)Nc1ccc2ccccc2c1)c1cc2ccccc2o1. The Bertz CT molecular complexity index is 1020. The smallest absolute Gasteiger partial charge is 0.171 e. The van der Waals surface area contributed by atoms with E-state index in [0.717, 1.165) is 22.4 Å². The Morgan fingerprint density at radius 1 is 0.880 bits per heavy atom. The summed E-state index contributed by atoms with van der Waals surface area (Å²) >= 11 is 5.45. The van der Waals surface area contributed by atoms with E-state index in [-0.39, 0.29) is 6.04 Å². The van der Waals surface area contributed by atoms with Gasteiger partial charge in [-0.2, -0.15) is 0 Å². The number of thiocarbonyl (C=S) groups is 1. The zero-order valence-electron chi connectivity index (χ0n) is 13.8. The Balaban J connectivity index is 1.46. The molecule has 3 aromatic carbocycles. The molecule has 1 unspecified atom stereocenters. The molecule has 0 radical (unpaired) electrons. The average Bonchev–Trinajstić information content (AvgIpc) is 3.06. The van der Waals surface area contributed by atoms with Crippen LogP contribution in [0.5, 0.6) is 0 Å². The standard InChI is InChI=1S/C21H18N2OS/c1-14(20-13-17-8-4-5-9-19(17)24-20)22-21(25)23-18-11-10-15-6-2-3-7-16(15)12-18/h2-14H,1H3,(H2,22,23,25). The Morgan fingerprint density at radius 3 is 2.40 bits per heavy atom. The van der Waals surface area contributed by atoms with Crippen LogP contribution in [0.25, 0.3) is 21.7 Å². The van der Waals surface area contributed by atoms with Gasteiger partial charge in [-0.15, -0.1) is 0 Å². The predicted octanol–water partition coefficient (Wildman–Crippen LogP) is 5.63. The van der Waals surface area contributed by atoms with Crippen LogP contribution < -0.4 is 10.6 Å². The molecule has 2 N–H and O–H groups in total. The van der Waals surface area contributed by atoms with Gasteiger partial charge in [-0.05, 0) is 54.2 Å². The van der Waals surface area contributed by atoms with Crippen molar-refractivity contribution in [1.82, 2.24) is 5.32 Å². The van der Waals surface area contributed by atoms with Crippen LogP contribution in [0.1, 0.15) is 18.7 Å². The number of furan rings is 1. The van der Waals surface area contributed by atoms with Crippen molar-refractivity contribution >= 4 is 44.8 Å². The molecule has 0 aliphatic rings. The van der Waals surface area contributed by atoms with E-state index in [1.807, 2.05) is 55.5 Å². The highest BCUT2D eigenvalue weighted by molar-refractivity contribution is 7.80. The molecule has 3 nitrogen and oxygen atoms in total. The fourth-order valence-electron chi connectivity index (χ4n) is 2.92. The second-order valence-corrected chi connectivity index (χ2v) is 6.48. The summed E-state index contributed by atoms with van der Waals surface area (Å²) in [5.41, 5.74) is 1.85. The molecule has 4 rings (SSSR count). The van der Waals surface area contributed by atoms with Gasteiger partial charge in [0.15, 0.2) is 5.11 Å². The second-order valence-electron chi connectivity index (χ2n) is 6.07. The van der Waals surface area contributed by atoms with Gasteiger partial charge >= 0.3 is 0 Å². The minimum atomic E-state index is -0.0205. The third-order valence-corrected chi connectivity index (χ3v) is 4.45. The zero-order valence-corrected chi connectivity index (χ0v) is 14.6. The molecule has 0 aliphatic carbocycles. The number of hydrogen-bond acceptors (Lipinski definition) is 2. The molecule has 4 aromatic rings. The molecule has 124 valence electrons. The summed E-state index contributed by atoms with van der Waals surface area (Å²) in [4.78, 5) is 0. The van der Waals surface area contributed by atoms with Crippen molar-refractivity contribution in [2.75, 3.05) is 5.32 Å². The van der Waals surface area contributed by atoms with Crippen LogP contribution in [-0.4, -0.2) is 5.11 Å². The van der Waals surface area contributed by atoms with Gasteiger partial charge in [-0.25, -0.2) is 0 Å². The van der Waals surface area contributed by atoms with E-state index in [2.05, 4.69) is 34.9 Å². The van der Waals surface area contributed by atoms with Crippen molar-refractivity contribution in [2.45, 2.75) is 13.0 Å². The first-order valence-electron chi connectivity index (χ1n) is 8.24. The molecule has 0 saturated carbocycles. The van der Waals surface area contributed by atoms with Crippen molar-refractivity contribution in [3.8, 4) is 0 Å². The van der Waals surface area contributed by atoms with E-state index >= 15 is 0 Å². The van der Waals surface area contributed by atoms with Crippen molar-refractivity contribution in [2.24, 2.45) is 0 Å². The second kappa shape index (κ2) is 6.57. The lowest BCUT2D eigenvalue weighted by atomic mass is 10.1. The van der Waals surface area contributed by atoms with Gasteiger partial charge in [-0.1, -0.05) is 48.5 Å². The lowest BCUT2D eigenvalue weighted by Gasteiger charge is -2.15. The number of fused-ring (bicyclic) bond motifs is 2. The number of para-hydroxylation sites is 1. The molecule has 25 heavy (non-hydrogen) atoms. The van der Waals surface area contributed by atoms with Crippen LogP contribution in [0.15, 0.2) is 77.2 Å². The third-order valence-electron chi connectivity index (χ3n) is 4.23. The normalized spacial score (nSPS) is 12.2. The van der Waals surface area contributed by atoms with Gasteiger partial charge in [0.1, 0.15) is 11.3 Å². The minimum absolute atomic E-state index is 0.0205. The first-order valence-corrected chi connectivity index (χ1v) is 8.65. The molecule has 0 aliphatic heterocycles. The maximum Gasteiger partial charge on any atom is 0.171 e. The van der Waals surface area contributed by atoms with Gasteiger partial charge in [0, 0.05) is 11.1 Å². The number of anilines is 1. The molecule has 0 spiro atoms. The van der Waals surface area contributed by atoms with Crippen LogP contribution in [0.3, 0.4) is 0 Å². The summed E-state index contributed by atoms with van der Waals surface area (Å²) in [6.45, 7) is 2.03. The lowest BCUT2D eigenvalue weighted by molar-refractivity contribution is 0.493. The van der Waals surface area contributed by atoms with Crippen LogP contribution in [0, 0.1) is 0 Å². The highest BCUT2D eigenvalue weighted by atomic mass is 32.1. The van der Waals surface area contributed by atoms with Crippen molar-refractivity contribution in [3.63, 3.8) is 0 Å². The van der Waals surface area contributed by atoms with Crippen LogP contribution in [0.2, 0.25) is 0 Å². The Kier molecular flexibility index (Phi) is 4.12. The molecular formula is C21H18N2OS. The average molecular weight is 346 g/mol. The van der Waals surface area contributed by atoms with Gasteiger partial charge in [0.25, 0.3) is 0 Å².